The first-order chi connectivity index (χ1) is 26.1. The van der Waals surface area contributed by atoms with E-state index in [0.717, 1.165) is 70.9 Å². The van der Waals surface area contributed by atoms with Crippen LogP contribution in [0.15, 0.2) is 114 Å². The highest BCUT2D eigenvalue weighted by molar-refractivity contribution is 7.99. The zero-order valence-electron chi connectivity index (χ0n) is 28.4. The molecule has 272 valence electrons. The number of thioether (sulfide) groups is 2. The minimum absolute atomic E-state index is 0.0305. The van der Waals surface area contributed by atoms with E-state index in [-0.39, 0.29) is 52.2 Å². The third-order valence-electron chi connectivity index (χ3n) is 7.25. The van der Waals surface area contributed by atoms with Crippen molar-refractivity contribution in [2.24, 2.45) is 0 Å². The van der Waals surface area contributed by atoms with Crippen LogP contribution in [0, 0.1) is 47.0 Å². The van der Waals surface area contributed by atoms with Gasteiger partial charge in [-0.3, -0.25) is 4.98 Å². The molecule has 12 heteroatoms. The number of hydrogen-bond donors (Lipinski definition) is 0. The molecule has 1 heterocycles. The maximum atomic E-state index is 14.7. The molecule has 54 heavy (non-hydrogen) atoms. The van der Waals surface area contributed by atoms with E-state index in [1.807, 2.05) is 18.2 Å². The summed E-state index contributed by atoms with van der Waals surface area (Å²) in [4.78, 5) is 26.8. The second-order valence-electron chi connectivity index (χ2n) is 11.0. The number of benzene rings is 4. The number of carbonyl (C=O) groups is 2. The number of carbonyl (C=O) groups excluding carboxylic acids is 2. The first-order valence-corrected chi connectivity index (χ1v) is 18.1. The van der Waals surface area contributed by atoms with Gasteiger partial charge in [-0.25, -0.2) is 27.2 Å². The Labute approximate surface area is 317 Å². The Morgan fingerprint density at radius 1 is 0.667 bits per heavy atom. The third-order valence-corrected chi connectivity index (χ3v) is 9.24. The highest BCUT2D eigenvalue weighted by Crippen LogP contribution is 2.26. The summed E-state index contributed by atoms with van der Waals surface area (Å²) in [6.45, 7) is 6.89. The van der Waals surface area contributed by atoms with Crippen molar-refractivity contribution in [3.05, 3.63) is 155 Å². The minimum atomic E-state index is -0.675. The van der Waals surface area contributed by atoms with Crippen LogP contribution >= 0.6 is 23.5 Å². The maximum Gasteiger partial charge on any atom is 0.330 e. The molecule has 5 aromatic rings. The smallest absolute Gasteiger partial charge is 0.330 e. The number of ether oxygens (including phenoxy) is 3. The molecule has 0 unspecified atom stereocenters. The summed E-state index contributed by atoms with van der Waals surface area (Å²) in [5.74, 6) is 8.29. The average molecular weight is 768 g/mol. The standard InChI is InChI=1S/C42H29F4NO5S2/c1-3-41(48)50-15-17-53-39-23-34(43)30(21-36(39)45)12-9-27-5-7-29(8-6-27)26-52-33-20-32-14-11-28(19-38(32)47-25-33)10-13-31-22-37(46)40(24-35(31)44)54-18-16-51-42(49)4-2/h3-8,11,14,19-25H,1-2,15-18,26H2. The van der Waals surface area contributed by atoms with E-state index in [4.69, 9.17) is 14.2 Å². The number of esters is 2. The van der Waals surface area contributed by atoms with Crippen LogP contribution in [0.2, 0.25) is 0 Å². The fourth-order valence-corrected chi connectivity index (χ4v) is 6.10. The van der Waals surface area contributed by atoms with Gasteiger partial charge in [0.1, 0.15) is 48.8 Å². The topological polar surface area (TPSA) is 74.7 Å². The lowest BCUT2D eigenvalue weighted by molar-refractivity contribution is -0.138. The third kappa shape index (κ3) is 11.3. The molecule has 0 amide bonds. The van der Waals surface area contributed by atoms with E-state index >= 15 is 0 Å². The second kappa shape index (κ2) is 19.2. The number of hydrogen-bond acceptors (Lipinski definition) is 8. The molecule has 5 rings (SSSR count). The van der Waals surface area contributed by atoms with Gasteiger partial charge >= 0.3 is 11.9 Å². The highest BCUT2D eigenvalue weighted by Gasteiger charge is 2.12. The van der Waals surface area contributed by atoms with Crippen LogP contribution < -0.4 is 4.74 Å². The molecular weight excluding hydrogens is 739 g/mol. The van der Waals surface area contributed by atoms with Crippen LogP contribution in [-0.2, 0) is 25.7 Å². The normalized spacial score (nSPS) is 10.4. The predicted octanol–water partition coefficient (Wildman–Crippen LogP) is 8.81. The number of fused-ring (bicyclic) bond motifs is 1. The van der Waals surface area contributed by atoms with Gasteiger partial charge in [-0.15, -0.1) is 23.5 Å². The summed E-state index contributed by atoms with van der Waals surface area (Å²) < 4.78 is 74.0. The van der Waals surface area contributed by atoms with Crippen LogP contribution in [0.5, 0.6) is 5.75 Å². The Kier molecular flexibility index (Phi) is 14.0. The lowest BCUT2D eigenvalue weighted by Gasteiger charge is -2.07. The van der Waals surface area contributed by atoms with Crippen LogP contribution in [0.25, 0.3) is 10.9 Å². The molecule has 0 radical (unpaired) electrons. The number of pyridine rings is 1. The van der Waals surface area contributed by atoms with E-state index in [1.165, 1.54) is 0 Å². The van der Waals surface area contributed by atoms with Crippen LogP contribution in [0.3, 0.4) is 0 Å². The number of rotatable bonds is 13. The fourth-order valence-electron chi connectivity index (χ4n) is 4.56. The first kappa shape index (κ1) is 39.3. The van der Waals surface area contributed by atoms with Crippen LogP contribution in [0.4, 0.5) is 17.6 Å². The Morgan fingerprint density at radius 2 is 1.20 bits per heavy atom. The summed E-state index contributed by atoms with van der Waals surface area (Å²) in [5, 5.41) is 0.783. The van der Waals surface area contributed by atoms with Gasteiger partial charge in [-0.1, -0.05) is 55.0 Å². The molecule has 0 N–H and O–H groups in total. The summed E-state index contributed by atoms with van der Waals surface area (Å²) in [5.41, 5.74) is 2.44. The Morgan fingerprint density at radius 3 is 1.76 bits per heavy atom. The maximum absolute atomic E-state index is 14.7. The molecule has 0 aliphatic heterocycles. The van der Waals surface area contributed by atoms with Crippen molar-refractivity contribution >= 4 is 46.4 Å². The van der Waals surface area contributed by atoms with Crippen molar-refractivity contribution in [2.45, 2.75) is 16.4 Å². The lowest BCUT2D eigenvalue weighted by atomic mass is 10.1. The SMILES string of the molecule is C=CC(=O)OCCSc1cc(F)c(C#Cc2ccc(COc3cnc4cc(C#Cc5cc(F)c(SCCOC(=O)C=C)cc5F)ccc4c3)cc2)cc1F. The minimum Gasteiger partial charge on any atom is -0.487 e. The molecule has 0 spiro atoms. The van der Waals surface area contributed by atoms with Gasteiger partial charge in [0, 0.05) is 50.0 Å². The largest absolute Gasteiger partial charge is 0.487 e. The lowest BCUT2D eigenvalue weighted by Crippen LogP contribution is -2.03. The van der Waals surface area contributed by atoms with E-state index in [9.17, 15) is 27.2 Å². The molecule has 0 aliphatic rings. The zero-order valence-corrected chi connectivity index (χ0v) is 30.1. The molecular formula is C42H29F4NO5S2. The average Bonchev–Trinajstić information content (AvgIpc) is 3.18. The summed E-state index contributed by atoms with van der Waals surface area (Å²) in [6.07, 6.45) is 3.62. The molecule has 4 aromatic carbocycles. The molecule has 0 bridgehead atoms. The predicted molar refractivity (Wildman–Crippen MR) is 201 cm³/mol. The van der Waals surface area contributed by atoms with Gasteiger partial charge < -0.3 is 14.2 Å². The quantitative estimate of drug-likeness (QED) is 0.0294. The van der Waals surface area contributed by atoms with Crippen molar-refractivity contribution < 1.29 is 41.4 Å². The van der Waals surface area contributed by atoms with E-state index in [1.54, 1.807) is 36.5 Å². The Hall–Kier alpha value is -5.95. The summed E-state index contributed by atoms with van der Waals surface area (Å²) in [6, 6.07) is 18.4. The summed E-state index contributed by atoms with van der Waals surface area (Å²) in [7, 11) is 0. The molecule has 0 saturated heterocycles. The van der Waals surface area contributed by atoms with Crippen molar-refractivity contribution in [2.75, 3.05) is 24.7 Å². The number of aromatic nitrogens is 1. The van der Waals surface area contributed by atoms with Gasteiger partial charge in [0.15, 0.2) is 0 Å². The van der Waals surface area contributed by atoms with E-state index in [0.29, 0.717) is 22.4 Å². The molecule has 0 aliphatic carbocycles. The zero-order chi connectivity index (χ0) is 38.5. The molecule has 0 fully saturated rings. The van der Waals surface area contributed by atoms with Gasteiger partial charge in [0.25, 0.3) is 0 Å². The van der Waals surface area contributed by atoms with Gasteiger partial charge in [-0.2, -0.15) is 0 Å². The molecule has 0 atom stereocenters. The Balaban J connectivity index is 1.15. The van der Waals surface area contributed by atoms with Crippen molar-refractivity contribution in [3.63, 3.8) is 0 Å². The van der Waals surface area contributed by atoms with Crippen LogP contribution in [0.1, 0.15) is 27.8 Å². The van der Waals surface area contributed by atoms with Gasteiger partial charge in [0.2, 0.25) is 0 Å². The van der Waals surface area contributed by atoms with Crippen molar-refractivity contribution in [1.29, 1.82) is 0 Å². The van der Waals surface area contributed by atoms with Gasteiger partial charge in [-0.05, 0) is 60.2 Å². The van der Waals surface area contributed by atoms with Crippen LogP contribution in [-0.4, -0.2) is 41.6 Å². The summed E-state index contributed by atoms with van der Waals surface area (Å²) >= 11 is 2.04. The molecule has 0 saturated carbocycles. The monoisotopic (exact) mass is 767 g/mol. The Bertz CT molecular complexity index is 2340. The fraction of sp³-hybridized carbons (Fsp3) is 0.119. The second-order valence-corrected chi connectivity index (χ2v) is 13.3. The number of halogens is 4. The highest BCUT2D eigenvalue weighted by atomic mass is 32.2. The molecule has 1 aromatic heterocycles. The van der Waals surface area contributed by atoms with Gasteiger partial charge in [0.05, 0.1) is 22.8 Å². The first-order valence-electron chi connectivity index (χ1n) is 16.1. The van der Waals surface area contributed by atoms with Crippen molar-refractivity contribution in [1.82, 2.24) is 4.98 Å². The van der Waals surface area contributed by atoms with Crippen molar-refractivity contribution in [3.8, 4) is 29.4 Å². The van der Waals surface area contributed by atoms with E-state index < -0.39 is 35.2 Å². The molecule has 6 nitrogen and oxygen atoms in total. The number of nitrogens with zero attached hydrogens (tertiary/aromatic N) is 1. The van der Waals surface area contributed by atoms with E-state index in [2.05, 4.69) is 41.8 Å².